The molecule has 2 atom stereocenters. The van der Waals surface area contributed by atoms with Crippen LogP contribution < -0.4 is 5.32 Å². The molecule has 3 nitrogen and oxygen atoms in total. The molecule has 1 aliphatic rings. The number of hydrogen-bond donors (Lipinski definition) is 1. The monoisotopic (exact) mass is 234 g/mol. The van der Waals surface area contributed by atoms with Crippen molar-refractivity contribution in [2.75, 3.05) is 18.5 Å². The zero-order valence-electron chi connectivity index (χ0n) is 9.74. The van der Waals surface area contributed by atoms with Gasteiger partial charge in [-0.15, -0.1) is 0 Å². The molecule has 90 valence electrons. The van der Waals surface area contributed by atoms with E-state index < -0.39 is 5.82 Å². The van der Waals surface area contributed by atoms with Crippen LogP contribution >= 0.6 is 0 Å². The Balaban J connectivity index is 2.04. The maximum atomic E-state index is 13.3. The number of rotatable bonds is 3. The van der Waals surface area contributed by atoms with Crippen LogP contribution in [0.25, 0.3) is 0 Å². The van der Waals surface area contributed by atoms with Crippen molar-refractivity contribution in [3.05, 3.63) is 29.6 Å². The minimum absolute atomic E-state index is 0.0825. The fourth-order valence-corrected chi connectivity index (χ4v) is 2.07. The number of benzene rings is 1. The van der Waals surface area contributed by atoms with Gasteiger partial charge < -0.3 is 10.1 Å². The van der Waals surface area contributed by atoms with E-state index in [2.05, 4.69) is 5.32 Å². The standard InChI is InChI=1S/C13H15FN2O/c1-9-10(5-6-17-9)8-16-13-4-2-3-12(14)11(13)7-15/h2-4,9-10,16H,5-6,8H2,1H3. The van der Waals surface area contributed by atoms with Gasteiger partial charge >= 0.3 is 0 Å². The molecule has 0 saturated carbocycles. The van der Waals surface area contributed by atoms with E-state index >= 15 is 0 Å². The summed E-state index contributed by atoms with van der Waals surface area (Å²) < 4.78 is 18.8. The van der Waals surface area contributed by atoms with E-state index in [1.54, 1.807) is 12.1 Å². The average molecular weight is 234 g/mol. The molecule has 0 bridgehead atoms. The maximum Gasteiger partial charge on any atom is 0.143 e. The second-order valence-electron chi connectivity index (χ2n) is 4.28. The summed E-state index contributed by atoms with van der Waals surface area (Å²) in [5.41, 5.74) is 0.644. The third kappa shape index (κ3) is 2.56. The van der Waals surface area contributed by atoms with E-state index in [9.17, 15) is 4.39 Å². The lowest BCUT2D eigenvalue weighted by atomic mass is 10.0. The first kappa shape index (κ1) is 11.9. The van der Waals surface area contributed by atoms with Crippen LogP contribution in [0.5, 0.6) is 0 Å². The molecule has 2 rings (SSSR count). The largest absolute Gasteiger partial charge is 0.384 e. The molecule has 0 spiro atoms. The Hall–Kier alpha value is -1.60. The van der Waals surface area contributed by atoms with Gasteiger partial charge in [-0.2, -0.15) is 5.26 Å². The van der Waals surface area contributed by atoms with Crippen molar-refractivity contribution in [3.63, 3.8) is 0 Å². The summed E-state index contributed by atoms with van der Waals surface area (Å²) >= 11 is 0. The molecule has 1 N–H and O–H groups in total. The number of nitrogens with zero attached hydrogens (tertiary/aromatic N) is 1. The van der Waals surface area contributed by atoms with Crippen molar-refractivity contribution in [1.82, 2.24) is 0 Å². The summed E-state index contributed by atoms with van der Waals surface area (Å²) in [6.07, 6.45) is 1.23. The number of ether oxygens (including phenoxy) is 1. The van der Waals surface area contributed by atoms with Gasteiger partial charge in [-0.1, -0.05) is 6.07 Å². The van der Waals surface area contributed by atoms with E-state index in [-0.39, 0.29) is 11.7 Å². The Kier molecular flexibility index (Phi) is 3.60. The van der Waals surface area contributed by atoms with Crippen LogP contribution in [0.4, 0.5) is 10.1 Å². The van der Waals surface area contributed by atoms with Crippen LogP contribution in [-0.4, -0.2) is 19.3 Å². The summed E-state index contributed by atoms with van der Waals surface area (Å²) in [6, 6.07) is 6.51. The van der Waals surface area contributed by atoms with E-state index in [0.29, 0.717) is 18.2 Å². The normalized spacial score (nSPS) is 23.4. The quantitative estimate of drug-likeness (QED) is 0.874. The summed E-state index contributed by atoms with van der Waals surface area (Å²) in [5.74, 6) is -0.0574. The van der Waals surface area contributed by atoms with E-state index in [4.69, 9.17) is 10.00 Å². The molecule has 0 aromatic heterocycles. The Morgan fingerprint density at radius 3 is 3.06 bits per heavy atom. The molecular formula is C13H15FN2O. The predicted octanol–water partition coefficient (Wildman–Crippen LogP) is 2.53. The van der Waals surface area contributed by atoms with Gasteiger partial charge in [0, 0.05) is 19.1 Å². The molecule has 0 aliphatic carbocycles. The second kappa shape index (κ2) is 5.15. The molecule has 1 aliphatic heterocycles. The predicted molar refractivity (Wildman–Crippen MR) is 63.1 cm³/mol. The molecule has 2 unspecified atom stereocenters. The van der Waals surface area contributed by atoms with Gasteiger partial charge in [0.15, 0.2) is 0 Å². The molecule has 0 radical (unpaired) electrons. The van der Waals surface area contributed by atoms with Crippen molar-refractivity contribution in [2.45, 2.75) is 19.4 Å². The minimum Gasteiger partial charge on any atom is -0.384 e. The first-order valence-corrected chi connectivity index (χ1v) is 5.76. The Labute approximate surface area is 100 Å². The molecule has 4 heteroatoms. The second-order valence-corrected chi connectivity index (χ2v) is 4.28. The molecule has 1 saturated heterocycles. The topological polar surface area (TPSA) is 45.0 Å². The van der Waals surface area contributed by atoms with Crippen molar-refractivity contribution >= 4 is 5.69 Å². The van der Waals surface area contributed by atoms with Crippen LogP contribution in [0.3, 0.4) is 0 Å². The fraction of sp³-hybridized carbons (Fsp3) is 0.462. The lowest BCUT2D eigenvalue weighted by Gasteiger charge is -2.16. The third-order valence-electron chi connectivity index (χ3n) is 3.21. The average Bonchev–Trinajstić information content (AvgIpc) is 2.72. The van der Waals surface area contributed by atoms with Crippen LogP contribution in [-0.2, 0) is 4.74 Å². The van der Waals surface area contributed by atoms with Gasteiger partial charge in [-0.3, -0.25) is 0 Å². The van der Waals surface area contributed by atoms with Crippen molar-refractivity contribution in [3.8, 4) is 6.07 Å². The number of nitriles is 1. The van der Waals surface area contributed by atoms with Crippen molar-refractivity contribution in [1.29, 1.82) is 5.26 Å². The highest BCUT2D eigenvalue weighted by atomic mass is 19.1. The summed E-state index contributed by atoms with van der Waals surface area (Å²) in [5, 5.41) is 12.0. The first-order valence-electron chi connectivity index (χ1n) is 5.76. The van der Waals surface area contributed by atoms with Crippen molar-refractivity contribution < 1.29 is 9.13 Å². The highest BCUT2D eigenvalue weighted by molar-refractivity contribution is 5.57. The lowest BCUT2D eigenvalue weighted by Crippen LogP contribution is -2.21. The van der Waals surface area contributed by atoms with Crippen LogP contribution in [0.15, 0.2) is 18.2 Å². The molecule has 1 heterocycles. The van der Waals surface area contributed by atoms with Crippen LogP contribution in [0, 0.1) is 23.1 Å². The Bertz CT molecular complexity index is 442. The fourth-order valence-electron chi connectivity index (χ4n) is 2.07. The zero-order chi connectivity index (χ0) is 12.3. The number of halogens is 1. The number of hydrogen-bond acceptors (Lipinski definition) is 3. The van der Waals surface area contributed by atoms with Crippen molar-refractivity contribution in [2.24, 2.45) is 5.92 Å². The zero-order valence-corrected chi connectivity index (χ0v) is 9.74. The molecule has 1 fully saturated rings. The van der Waals surface area contributed by atoms with E-state index in [0.717, 1.165) is 13.0 Å². The molecule has 17 heavy (non-hydrogen) atoms. The molecule has 1 aromatic rings. The van der Waals surface area contributed by atoms with Gasteiger partial charge in [-0.05, 0) is 25.5 Å². The molecule has 1 aromatic carbocycles. The van der Waals surface area contributed by atoms with E-state index in [1.807, 2.05) is 13.0 Å². The van der Waals surface area contributed by atoms with Gasteiger partial charge in [0.05, 0.1) is 11.8 Å². The van der Waals surface area contributed by atoms with Gasteiger partial charge in [-0.25, -0.2) is 4.39 Å². The van der Waals surface area contributed by atoms with Crippen LogP contribution in [0.1, 0.15) is 18.9 Å². The smallest absolute Gasteiger partial charge is 0.143 e. The number of anilines is 1. The van der Waals surface area contributed by atoms with Crippen LogP contribution in [0.2, 0.25) is 0 Å². The van der Waals surface area contributed by atoms with Gasteiger partial charge in [0.25, 0.3) is 0 Å². The third-order valence-corrected chi connectivity index (χ3v) is 3.21. The summed E-state index contributed by atoms with van der Waals surface area (Å²) in [6.45, 7) is 3.52. The SMILES string of the molecule is CC1OCCC1CNc1cccc(F)c1C#N. The number of nitrogens with one attached hydrogen (secondary N) is 1. The summed E-state index contributed by atoms with van der Waals surface area (Å²) in [7, 11) is 0. The van der Waals surface area contributed by atoms with E-state index in [1.165, 1.54) is 6.07 Å². The highest BCUT2D eigenvalue weighted by Crippen LogP contribution is 2.23. The molecule has 0 amide bonds. The van der Waals surface area contributed by atoms with Gasteiger partial charge in [0.1, 0.15) is 17.4 Å². The molecular weight excluding hydrogens is 219 g/mol. The minimum atomic E-state index is -0.478. The Morgan fingerprint density at radius 2 is 2.41 bits per heavy atom. The van der Waals surface area contributed by atoms with Gasteiger partial charge in [0.2, 0.25) is 0 Å². The lowest BCUT2D eigenvalue weighted by molar-refractivity contribution is 0.108. The first-order chi connectivity index (χ1) is 8.22. The highest BCUT2D eigenvalue weighted by Gasteiger charge is 2.24. The summed E-state index contributed by atoms with van der Waals surface area (Å²) in [4.78, 5) is 0. The maximum absolute atomic E-state index is 13.3. The Morgan fingerprint density at radius 1 is 1.59 bits per heavy atom.